The lowest BCUT2D eigenvalue weighted by Crippen LogP contribution is -2.40. The summed E-state index contributed by atoms with van der Waals surface area (Å²) in [5, 5.41) is 0. The molecule has 0 aromatic rings. The molecule has 1 saturated heterocycles. The molecule has 0 atom stereocenters. The molecule has 0 saturated carbocycles. The number of hydrogen-bond acceptors (Lipinski definition) is 2. The van der Waals surface area contributed by atoms with E-state index in [2.05, 4.69) is 20.8 Å². The number of nitrogens with zero attached hydrogens (tertiary/aromatic N) is 1. The minimum atomic E-state index is 0.309. The van der Waals surface area contributed by atoms with Crippen molar-refractivity contribution in [2.45, 2.75) is 52.9 Å². The molecule has 0 aromatic carbocycles. The van der Waals surface area contributed by atoms with Crippen molar-refractivity contribution >= 4 is 5.91 Å². The van der Waals surface area contributed by atoms with E-state index in [-0.39, 0.29) is 0 Å². The molecule has 0 N–H and O–H groups in total. The van der Waals surface area contributed by atoms with Crippen molar-refractivity contribution in [2.75, 3.05) is 26.3 Å². The largest absolute Gasteiger partial charge is 0.378 e. The van der Waals surface area contributed by atoms with E-state index in [1.54, 1.807) is 0 Å². The fraction of sp³-hybridized carbons (Fsp3) is 0.929. The molecule has 3 heteroatoms. The Morgan fingerprint density at radius 1 is 1.12 bits per heavy atom. The van der Waals surface area contributed by atoms with Gasteiger partial charge in [0.05, 0.1) is 13.2 Å². The van der Waals surface area contributed by atoms with Crippen molar-refractivity contribution in [1.82, 2.24) is 4.90 Å². The van der Waals surface area contributed by atoms with Crippen molar-refractivity contribution in [3.05, 3.63) is 0 Å². The van der Waals surface area contributed by atoms with Gasteiger partial charge in [0, 0.05) is 19.5 Å². The zero-order chi connectivity index (χ0) is 12.7. The topological polar surface area (TPSA) is 29.5 Å². The highest BCUT2D eigenvalue weighted by atomic mass is 16.5. The predicted octanol–water partition coefficient (Wildman–Crippen LogP) is 2.84. The maximum Gasteiger partial charge on any atom is 0.222 e. The van der Waals surface area contributed by atoms with E-state index in [0.29, 0.717) is 31.0 Å². The maximum atomic E-state index is 11.8. The van der Waals surface area contributed by atoms with Gasteiger partial charge in [0.1, 0.15) is 0 Å². The van der Waals surface area contributed by atoms with Gasteiger partial charge >= 0.3 is 0 Å². The molecule has 1 heterocycles. The van der Waals surface area contributed by atoms with Crippen LogP contribution in [0, 0.1) is 5.41 Å². The smallest absolute Gasteiger partial charge is 0.222 e. The molecule has 1 fully saturated rings. The Labute approximate surface area is 106 Å². The molecule has 1 amide bonds. The van der Waals surface area contributed by atoms with E-state index in [1.807, 2.05) is 4.90 Å². The van der Waals surface area contributed by atoms with E-state index in [9.17, 15) is 4.79 Å². The first-order chi connectivity index (χ1) is 7.99. The number of hydrogen-bond donors (Lipinski definition) is 0. The van der Waals surface area contributed by atoms with Crippen molar-refractivity contribution < 1.29 is 9.53 Å². The van der Waals surface area contributed by atoms with Crippen molar-refractivity contribution in [2.24, 2.45) is 5.41 Å². The standard InChI is InChI=1S/C14H27NO2/c1-14(2,3)8-6-4-5-7-13(16)15-9-11-17-12-10-15/h4-12H2,1-3H3. The van der Waals surface area contributed by atoms with E-state index >= 15 is 0 Å². The molecule has 0 spiro atoms. The molecule has 0 unspecified atom stereocenters. The summed E-state index contributed by atoms with van der Waals surface area (Å²) in [7, 11) is 0. The summed E-state index contributed by atoms with van der Waals surface area (Å²) in [6.07, 6.45) is 5.41. The minimum Gasteiger partial charge on any atom is -0.378 e. The van der Waals surface area contributed by atoms with Crippen LogP contribution < -0.4 is 0 Å². The summed E-state index contributed by atoms with van der Waals surface area (Å²) in [5.41, 5.74) is 0.425. The highest BCUT2D eigenvalue weighted by Crippen LogP contribution is 2.22. The molecule has 0 aromatic heterocycles. The van der Waals surface area contributed by atoms with Crippen molar-refractivity contribution in [3.8, 4) is 0 Å². The van der Waals surface area contributed by atoms with E-state index in [4.69, 9.17) is 4.74 Å². The van der Waals surface area contributed by atoms with Crippen LogP contribution in [0.4, 0.5) is 0 Å². The highest BCUT2D eigenvalue weighted by molar-refractivity contribution is 5.76. The lowest BCUT2D eigenvalue weighted by Gasteiger charge is -2.26. The van der Waals surface area contributed by atoms with Crippen LogP contribution in [0.5, 0.6) is 0 Å². The average molecular weight is 241 g/mol. The Kier molecular flexibility index (Phi) is 5.96. The van der Waals surface area contributed by atoms with Gasteiger partial charge in [0.15, 0.2) is 0 Å². The maximum absolute atomic E-state index is 11.8. The lowest BCUT2D eigenvalue weighted by molar-refractivity contribution is -0.135. The molecule has 3 nitrogen and oxygen atoms in total. The number of morpholine rings is 1. The molecule has 17 heavy (non-hydrogen) atoms. The van der Waals surface area contributed by atoms with E-state index in [0.717, 1.165) is 19.5 Å². The van der Waals surface area contributed by atoms with Crippen LogP contribution in [-0.4, -0.2) is 37.1 Å². The molecule has 0 radical (unpaired) electrons. The molecule has 1 rings (SSSR count). The predicted molar refractivity (Wildman–Crippen MR) is 69.9 cm³/mol. The lowest BCUT2D eigenvalue weighted by atomic mass is 9.89. The van der Waals surface area contributed by atoms with Gasteiger partial charge < -0.3 is 9.64 Å². The zero-order valence-corrected chi connectivity index (χ0v) is 11.6. The summed E-state index contributed by atoms with van der Waals surface area (Å²) in [4.78, 5) is 13.8. The third-order valence-electron chi connectivity index (χ3n) is 3.18. The number of unbranched alkanes of at least 4 members (excludes halogenated alkanes) is 2. The number of rotatable bonds is 5. The fourth-order valence-electron chi connectivity index (χ4n) is 2.08. The quantitative estimate of drug-likeness (QED) is 0.693. The highest BCUT2D eigenvalue weighted by Gasteiger charge is 2.16. The first kappa shape index (κ1) is 14.5. The average Bonchev–Trinajstić information content (AvgIpc) is 2.28. The van der Waals surface area contributed by atoms with Crippen molar-refractivity contribution in [3.63, 3.8) is 0 Å². The summed E-state index contributed by atoms with van der Waals surface area (Å²) >= 11 is 0. The van der Waals surface area contributed by atoms with Crippen LogP contribution in [0.1, 0.15) is 52.9 Å². The Morgan fingerprint density at radius 3 is 2.35 bits per heavy atom. The molecule has 0 bridgehead atoms. The van der Waals surface area contributed by atoms with Crippen LogP contribution in [0.2, 0.25) is 0 Å². The molecule has 0 aliphatic carbocycles. The van der Waals surface area contributed by atoms with Crippen LogP contribution in [0.25, 0.3) is 0 Å². The Balaban J connectivity index is 2.04. The summed E-state index contributed by atoms with van der Waals surface area (Å²) in [6.45, 7) is 9.77. The van der Waals surface area contributed by atoms with Gasteiger partial charge in [-0.05, 0) is 18.3 Å². The van der Waals surface area contributed by atoms with Crippen LogP contribution in [-0.2, 0) is 9.53 Å². The van der Waals surface area contributed by atoms with Gasteiger partial charge in [-0.3, -0.25) is 4.79 Å². The Hall–Kier alpha value is -0.570. The van der Waals surface area contributed by atoms with Crippen molar-refractivity contribution in [1.29, 1.82) is 0 Å². The molecule has 1 aliphatic heterocycles. The van der Waals surface area contributed by atoms with Gasteiger partial charge in [-0.1, -0.05) is 33.6 Å². The second-order valence-corrected chi connectivity index (χ2v) is 6.11. The SMILES string of the molecule is CC(C)(C)CCCCCC(=O)N1CCOCC1. The second-order valence-electron chi connectivity index (χ2n) is 6.11. The van der Waals surface area contributed by atoms with Gasteiger partial charge in [-0.15, -0.1) is 0 Å². The van der Waals surface area contributed by atoms with Gasteiger partial charge in [0.25, 0.3) is 0 Å². The van der Waals surface area contributed by atoms with Crippen LogP contribution >= 0.6 is 0 Å². The third kappa shape index (κ3) is 6.67. The summed E-state index contributed by atoms with van der Waals surface area (Å²) in [6, 6.07) is 0. The minimum absolute atomic E-state index is 0.309. The summed E-state index contributed by atoms with van der Waals surface area (Å²) in [5.74, 6) is 0.309. The molecule has 100 valence electrons. The third-order valence-corrected chi connectivity index (χ3v) is 3.18. The number of carbonyl (C=O) groups excluding carboxylic acids is 1. The number of amides is 1. The molecule has 1 aliphatic rings. The first-order valence-electron chi connectivity index (χ1n) is 6.84. The Bertz CT molecular complexity index is 227. The second kappa shape index (κ2) is 7.00. The zero-order valence-electron chi connectivity index (χ0n) is 11.6. The van der Waals surface area contributed by atoms with Gasteiger partial charge in [-0.2, -0.15) is 0 Å². The first-order valence-corrected chi connectivity index (χ1v) is 6.84. The summed E-state index contributed by atoms with van der Waals surface area (Å²) < 4.78 is 5.24. The molecular formula is C14H27NO2. The number of carbonyl (C=O) groups is 1. The monoisotopic (exact) mass is 241 g/mol. The molecular weight excluding hydrogens is 214 g/mol. The van der Waals surface area contributed by atoms with E-state index < -0.39 is 0 Å². The Morgan fingerprint density at radius 2 is 1.76 bits per heavy atom. The van der Waals surface area contributed by atoms with E-state index in [1.165, 1.54) is 19.3 Å². The van der Waals surface area contributed by atoms with Gasteiger partial charge in [0.2, 0.25) is 5.91 Å². The fourth-order valence-corrected chi connectivity index (χ4v) is 2.08. The van der Waals surface area contributed by atoms with Crippen LogP contribution in [0.15, 0.2) is 0 Å². The van der Waals surface area contributed by atoms with Crippen LogP contribution in [0.3, 0.4) is 0 Å². The normalized spacial score (nSPS) is 17.2. The van der Waals surface area contributed by atoms with Gasteiger partial charge in [-0.25, -0.2) is 0 Å². The number of ether oxygens (including phenoxy) is 1.